The summed E-state index contributed by atoms with van der Waals surface area (Å²) in [4.78, 5) is 15.4. The Morgan fingerprint density at radius 2 is 1.96 bits per heavy atom. The van der Waals surface area contributed by atoms with Crippen LogP contribution in [0.15, 0.2) is 41.8 Å². The zero-order valence-corrected chi connectivity index (χ0v) is 17.0. The topological polar surface area (TPSA) is 88.9 Å². The Hall–Kier alpha value is -2.07. The summed E-state index contributed by atoms with van der Waals surface area (Å²) in [6, 6.07) is 7.47. The van der Waals surface area contributed by atoms with Crippen LogP contribution in [0.4, 0.5) is 0 Å². The molecule has 0 aliphatic heterocycles. The van der Waals surface area contributed by atoms with E-state index in [9.17, 15) is 9.00 Å². The predicted octanol–water partition coefficient (Wildman–Crippen LogP) is 2.07. The van der Waals surface area contributed by atoms with Crippen LogP contribution in [0.25, 0.3) is 5.69 Å². The molecule has 0 saturated carbocycles. The van der Waals surface area contributed by atoms with Crippen molar-refractivity contribution in [2.45, 2.75) is 25.1 Å². The number of benzene rings is 1. The zero-order valence-electron chi connectivity index (χ0n) is 16.2. The summed E-state index contributed by atoms with van der Waals surface area (Å²) in [6.45, 7) is 3.15. The van der Waals surface area contributed by atoms with Gasteiger partial charge in [0.1, 0.15) is 13.4 Å². The van der Waals surface area contributed by atoms with Crippen LogP contribution in [0.2, 0.25) is 0 Å². The lowest BCUT2D eigenvalue weighted by molar-refractivity contribution is -0.142. The molecule has 0 spiro atoms. The van der Waals surface area contributed by atoms with Crippen LogP contribution in [0.1, 0.15) is 18.9 Å². The number of carbonyl (C=O) groups excluding carboxylic acids is 1. The molecule has 2 aromatic rings. The molecule has 2 rings (SSSR count). The van der Waals surface area contributed by atoms with Gasteiger partial charge < -0.3 is 18.9 Å². The summed E-state index contributed by atoms with van der Waals surface area (Å²) in [5, 5.41) is 0.451. The van der Waals surface area contributed by atoms with Gasteiger partial charge in [-0.15, -0.1) is 0 Å². The van der Waals surface area contributed by atoms with Gasteiger partial charge in [-0.3, -0.25) is 13.6 Å². The van der Waals surface area contributed by atoms with E-state index in [4.69, 9.17) is 18.9 Å². The van der Waals surface area contributed by atoms with Crippen molar-refractivity contribution in [2.24, 2.45) is 0 Å². The highest BCUT2D eigenvalue weighted by molar-refractivity contribution is 7.84. The first-order valence-corrected chi connectivity index (χ1v) is 10.2. The Balaban J connectivity index is 1.91. The number of hydrogen-bond acceptors (Lipinski definition) is 7. The fourth-order valence-corrected chi connectivity index (χ4v) is 3.51. The van der Waals surface area contributed by atoms with E-state index in [0.717, 1.165) is 11.3 Å². The molecule has 0 fully saturated rings. The highest BCUT2D eigenvalue weighted by Crippen LogP contribution is 2.19. The van der Waals surface area contributed by atoms with Crippen LogP contribution in [0.5, 0.6) is 0 Å². The second-order valence-electron chi connectivity index (χ2n) is 5.82. The Morgan fingerprint density at radius 1 is 1.18 bits per heavy atom. The first kappa shape index (κ1) is 22.2. The summed E-state index contributed by atoms with van der Waals surface area (Å²) < 4.78 is 35.0. The Bertz CT molecular complexity index is 764. The average Bonchev–Trinajstić information content (AvgIpc) is 3.18. The largest absolute Gasteiger partial charge is 0.461 e. The second kappa shape index (κ2) is 12.4. The van der Waals surface area contributed by atoms with Crippen LogP contribution >= 0.6 is 0 Å². The van der Waals surface area contributed by atoms with Crippen molar-refractivity contribution in [3.8, 4) is 5.69 Å². The number of nitrogens with zero attached hydrogens (tertiary/aromatic N) is 2. The normalized spacial score (nSPS) is 12.1. The van der Waals surface area contributed by atoms with Gasteiger partial charge in [-0.1, -0.05) is 18.2 Å². The van der Waals surface area contributed by atoms with E-state index in [2.05, 4.69) is 4.98 Å². The van der Waals surface area contributed by atoms with Gasteiger partial charge in [0.05, 0.1) is 36.3 Å². The number of ether oxygens (including phenoxy) is 4. The van der Waals surface area contributed by atoms with E-state index in [1.807, 2.05) is 24.3 Å². The Kier molecular flexibility index (Phi) is 9.84. The summed E-state index contributed by atoms with van der Waals surface area (Å²) in [5.74, 6) is 0.0664. The molecule has 0 bridgehead atoms. The molecular formula is C19H26N2O6S. The third-order valence-corrected chi connectivity index (χ3v) is 5.08. The van der Waals surface area contributed by atoms with E-state index in [0.29, 0.717) is 37.2 Å². The van der Waals surface area contributed by atoms with Crippen molar-refractivity contribution in [3.63, 3.8) is 0 Å². The first-order valence-electron chi connectivity index (χ1n) is 8.91. The number of hydrogen-bond donors (Lipinski definition) is 0. The van der Waals surface area contributed by atoms with E-state index in [1.165, 1.54) is 6.92 Å². The van der Waals surface area contributed by atoms with Crippen molar-refractivity contribution < 1.29 is 28.0 Å². The lowest BCUT2D eigenvalue weighted by Gasteiger charge is -2.13. The van der Waals surface area contributed by atoms with E-state index < -0.39 is 10.8 Å². The molecule has 1 aromatic carbocycles. The molecule has 0 unspecified atom stereocenters. The highest BCUT2D eigenvalue weighted by Gasteiger charge is 2.15. The summed E-state index contributed by atoms with van der Waals surface area (Å²) in [5.41, 5.74) is 1.60. The van der Waals surface area contributed by atoms with Gasteiger partial charge in [-0.05, 0) is 12.5 Å². The predicted molar refractivity (Wildman–Crippen MR) is 104 cm³/mol. The van der Waals surface area contributed by atoms with Crippen molar-refractivity contribution in [2.75, 3.05) is 39.5 Å². The summed E-state index contributed by atoms with van der Waals surface area (Å²) in [6.07, 6.45) is 3.97. The third-order valence-electron chi connectivity index (χ3n) is 3.71. The van der Waals surface area contributed by atoms with Crippen molar-refractivity contribution in [3.05, 3.63) is 42.2 Å². The molecule has 0 N–H and O–H groups in total. The maximum absolute atomic E-state index is 12.7. The molecule has 0 amide bonds. The number of methoxy groups -OCH3 is 1. The first-order chi connectivity index (χ1) is 13.6. The minimum absolute atomic E-state index is 0.146. The summed E-state index contributed by atoms with van der Waals surface area (Å²) >= 11 is 0. The monoisotopic (exact) mass is 410 g/mol. The maximum Gasteiger partial charge on any atom is 0.302 e. The molecule has 1 atom stereocenters. The third kappa shape index (κ3) is 7.16. The fraction of sp³-hybridized carbons (Fsp3) is 0.474. The van der Waals surface area contributed by atoms with Gasteiger partial charge in [0, 0.05) is 37.7 Å². The van der Waals surface area contributed by atoms with Crippen LogP contribution in [0.3, 0.4) is 0 Å². The lowest BCUT2D eigenvalue weighted by atomic mass is 10.2. The quantitative estimate of drug-likeness (QED) is 0.284. The molecule has 28 heavy (non-hydrogen) atoms. The molecule has 154 valence electrons. The van der Waals surface area contributed by atoms with Gasteiger partial charge in [-0.2, -0.15) is 0 Å². The van der Waals surface area contributed by atoms with Gasteiger partial charge in [0.15, 0.2) is 0 Å². The highest BCUT2D eigenvalue weighted by atomic mass is 32.2. The minimum atomic E-state index is -1.29. The lowest BCUT2D eigenvalue weighted by Crippen LogP contribution is -2.11. The van der Waals surface area contributed by atoms with Crippen LogP contribution < -0.4 is 0 Å². The zero-order chi connectivity index (χ0) is 20.2. The number of carbonyl (C=O) groups is 1. The molecule has 0 aliphatic rings. The van der Waals surface area contributed by atoms with Gasteiger partial charge in [0.25, 0.3) is 0 Å². The smallest absolute Gasteiger partial charge is 0.302 e. The molecule has 0 saturated heterocycles. The molecule has 1 aromatic heterocycles. The number of rotatable bonds is 13. The van der Waals surface area contributed by atoms with E-state index >= 15 is 0 Å². The standard InChI is InChI=1S/C19H26N2O6S/c1-16(22)27-14-17-6-3-4-7-18(17)21-9-8-20-19(21)28(23)13-5-10-25-15-26-12-11-24-2/h3-4,6-9H,5,10-15H2,1-2H3/t28-/m0/s1. The van der Waals surface area contributed by atoms with Crippen LogP contribution in [0, 0.1) is 0 Å². The SMILES string of the molecule is COCCOCOCCC[S@](=O)c1nccn1-c1ccccc1COC(C)=O. The second-order valence-corrected chi connectivity index (χ2v) is 7.28. The average molecular weight is 410 g/mol. The van der Waals surface area contributed by atoms with Crippen molar-refractivity contribution in [1.29, 1.82) is 0 Å². The molecule has 8 nitrogen and oxygen atoms in total. The molecule has 0 aliphatic carbocycles. The van der Waals surface area contributed by atoms with Gasteiger partial charge >= 0.3 is 5.97 Å². The molecular weight excluding hydrogens is 384 g/mol. The number of aromatic nitrogens is 2. The van der Waals surface area contributed by atoms with Crippen LogP contribution in [-0.4, -0.2) is 59.2 Å². The fourth-order valence-electron chi connectivity index (χ4n) is 2.39. The minimum Gasteiger partial charge on any atom is -0.461 e. The number of para-hydroxylation sites is 1. The van der Waals surface area contributed by atoms with E-state index in [-0.39, 0.29) is 19.4 Å². The molecule has 0 radical (unpaired) electrons. The summed E-state index contributed by atoms with van der Waals surface area (Å²) in [7, 11) is 0.317. The molecule has 9 heteroatoms. The number of esters is 1. The Morgan fingerprint density at radius 3 is 2.75 bits per heavy atom. The molecule has 1 heterocycles. The Labute approximate surface area is 167 Å². The van der Waals surface area contributed by atoms with Crippen molar-refractivity contribution in [1.82, 2.24) is 9.55 Å². The van der Waals surface area contributed by atoms with Crippen molar-refractivity contribution >= 4 is 16.8 Å². The van der Waals surface area contributed by atoms with Gasteiger partial charge in [0.2, 0.25) is 5.16 Å². The number of imidazole rings is 1. The van der Waals surface area contributed by atoms with Crippen LogP contribution in [-0.2, 0) is 41.1 Å². The van der Waals surface area contributed by atoms with Gasteiger partial charge in [-0.25, -0.2) is 4.98 Å². The maximum atomic E-state index is 12.7. The van der Waals surface area contributed by atoms with E-state index in [1.54, 1.807) is 24.1 Å².